The van der Waals surface area contributed by atoms with Crippen molar-refractivity contribution in [3.63, 3.8) is 0 Å². The van der Waals surface area contributed by atoms with Gasteiger partial charge in [-0.25, -0.2) is 4.79 Å². The third kappa shape index (κ3) is 5.12. The lowest BCUT2D eigenvalue weighted by atomic mass is 10.1. The van der Waals surface area contributed by atoms with E-state index in [1.165, 1.54) is 0 Å². The molecule has 3 rings (SSSR count). The van der Waals surface area contributed by atoms with Crippen molar-refractivity contribution in [1.82, 2.24) is 10.2 Å². The lowest BCUT2D eigenvalue weighted by Crippen LogP contribution is -2.34. The van der Waals surface area contributed by atoms with Crippen molar-refractivity contribution >= 4 is 29.2 Å². The van der Waals surface area contributed by atoms with Crippen LogP contribution < -0.4 is 16.0 Å². The zero-order valence-electron chi connectivity index (χ0n) is 15.9. The highest BCUT2D eigenvalue weighted by Gasteiger charge is 2.34. The number of furan rings is 1. The number of rotatable bonds is 6. The van der Waals surface area contributed by atoms with Gasteiger partial charge in [-0.15, -0.1) is 0 Å². The van der Waals surface area contributed by atoms with E-state index in [1.54, 1.807) is 47.6 Å². The summed E-state index contributed by atoms with van der Waals surface area (Å²) in [5.74, 6) is 0.0249. The van der Waals surface area contributed by atoms with Crippen LogP contribution >= 0.6 is 0 Å². The number of nitrogens with zero attached hydrogens (tertiary/aromatic N) is 1. The summed E-state index contributed by atoms with van der Waals surface area (Å²) in [7, 11) is 0. The molecule has 1 unspecified atom stereocenters. The number of hydrogen-bond donors (Lipinski definition) is 3. The van der Waals surface area contributed by atoms with Crippen molar-refractivity contribution in [1.29, 1.82) is 0 Å². The van der Waals surface area contributed by atoms with Crippen LogP contribution in [0.2, 0.25) is 0 Å². The molecule has 3 N–H and O–H groups in total. The summed E-state index contributed by atoms with van der Waals surface area (Å²) in [5, 5.41) is 8.28. The summed E-state index contributed by atoms with van der Waals surface area (Å²) in [6, 6.07) is 10.2. The molecule has 148 valence electrons. The molecule has 1 fully saturated rings. The Hall–Kier alpha value is -3.29. The highest BCUT2D eigenvalue weighted by Crippen LogP contribution is 2.22. The molecule has 2 heterocycles. The summed E-state index contributed by atoms with van der Waals surface area (Å²) in [6.45, 7) is 4.48. The first-order valence-electron chi connectivity index (χ1n) is 9.19. The zero-order valence-corrected chi connectivity index (χ0v) is 15.9. The quantitative estimate of drug-likeness (QED) is 0.712. The number of benzene rings is 1. The molecule has 0 saturated carbocycles. The van der Waals surface area contributed by atoms with Gasteiger partial charge in [-0.3, -0.25) is 9.59 Å². The Balaban J connectivity index is 1.52. The second-order valence-electron chi connectivity index (χ2n) is 7.07. The number of hydrogen-bond acceptors (Lipinski definition) is 4. The Morgan fingerprint density at radius 2 is 1.82 bits per heavy atom. The summed E-state index contributed by atoms with van der Waals surface area (Å²) < 4.78 is 5.27. The second kappa shape index (κ2) is 8.60. The minimum Gasteiger partial charge on any atom is -0.467 e. The third-order valence-corrected chi connectivity index (χ3v) is 4.34. The van der Waals surface area contributed by atoms with Crippen molar-refractivity contribution in [2.75, 3.05) is 17.2 Å². The Kier molecular flexibility index (Phi) is 5.98. The van der Waals surface area contributed by atoms with E-state index in [0.717, 1.165) is 0 Å². The summed E-state index contributed by atoms with van der Waals surface area (Å²) in [6.07, 6.45) is 1.74. The van der Waals surface area contributed by atoms with Crippen LogP contribution in [0.25, 0.3) is 0 Å². The molecule has 0 spiro atoms. The van der Waals surface area contributed by atoms with Gasteiger partial charge in [0.15, 0.2) is 0 Å². The maximum absolute atomic E-state index is 12.5. The first-order valence-corrected chi connectivity index (χ1v) is 9.19. The highest BCUT2D eigenvalue weighted by molar-refractivity contribution is 5.97. The predicted molar refractivity (Wildman–Crippen MR) is 105 cm³/mol. The van der Waals surface area contributed by atoms with Crippen LogP contribution in [0, 0.1) is 5.92 Å². The summed E-state index contributed by atoms with van der Waals surface area (Å²) >= 11 is 0. The van der Waals surface area contributed by atoms with Crippen LogP contribution in [0.5, 0.6) is 0 Å². The van der Waals surface area contributed by atoms with Crippen LogP contribution in [0.15, 0.2) is 47.1 Å². The first kappa shape index (κ1) is 19.5. The lowest BCUT2D eigenvalue weighted by molar-refractivity contribution is -0.128. The molecule has 1 saturated heterocycles. The van der Waals surface area contributed by atoms with Crippen molar-refractivity contribution < 1.29 is 18.8 Å². The normalized spacial score (nSPS) is 16.3. The molecule has 0 bridgehead atoms. The van der Waals surface area contributed by atoms with Crippen molar-refractivity contribution in [2.24, 2.45) is 5.92 Å². The number of urea groups is 1. The van der Waals surface area contributed by atoms with Gasteiger partial charge in [-0.05, 0) is 50.2 Å². The molecular formula is C20H24N4O4. The monoisotopic (exact) mass is 384 g/mol. The minimum absolute atomic E-state index is 0.0417. The van der Waals surface area contributed by atoms with E-state index in [0.29, 0.717) is 30.2 Å². The molecule has 1 atom stereocenters. The molecule has 8 heteroatoms. The van der Waals surface area contributed by atoms with Crippen LogP contribution in [-0.4, -0.2) is 35.3 Å². The number of nitrogens with one attached hydrogen (secondary N) is 3. The molecule has 4 amide bonds. The fourth-order valence-corrected chi connectivity index (χ4v) is 3.00. The third-order valence-electron chi connectivity index (χ3n) is 4.34. The Morgan fingerprint density at radius 3 is 2.43 bits per heavy atom. The number of carbonyl (C=O) groups is 3. The molecule has 28 heavy (non-hydrogen) atoms. The van der Waals surface area contributed by atoms with E-state index in [-0.39, 0.29) is 30.3 Å². The maximum Gasteiger partial charge on any atom is 0.319 e. The Labute approximate surface area is 163 Å². The van der Waals surface area contributed by atoms with Crippen molar-refractivity contribution in [3.8, 4) is 0 Å². The molecule has 0 aliphatic carbocycles. The van der Waals surface area contributed by atoms with E-state index in [4.69, 9.17) is 4.42 Å². The smallest absolute Gasteiger partial charge is 0.319 e. The van der Waals surface area contributed by atoms with Crippen LogP contribution in [-0.2, 0) is 16.1 Å². The van der Waals surface area contributed by atoms with E-state index >= 15 is 0 Å². The summed E-state index contributed by atoms with van der Waals surface area (Å²) in [5.41, 5.74) is 1.23. The fourth-order valence-electron chi connectivity index (χ4n) is 3.00. The predicted octanol–water partition coefficient (Wildman–Crippen LogP) is 2.80. The maximum atomic E-state index is 12.5. The zero-order chi connectivity index (χ0) is 20.1. The number of carbonyl (C=O) groups excluding carboxylic acids is 3. The van der Waals surface area contributed by atoms with Crippen molar-refractivity contribution in [2.45, 2.75) is 32.9 Å². The van der Waals surface area contributed by atoms with Crippen LogP contribution in [0.1, 0.15) is 26.0 Å². The van der Waals surface area contributed by atoms with Gasteiger partial charge in [0.2, 0.25) is 11.8 Å². The van der Waals surface area contributed by atoms with Gasteiger partial charge < -0.3 is 25.3 Å². The van der Waals surface area contributed by atoms with Crippen LogP contribution in [0.3, 0.4) is 0 Å². The van der Waals surface area contributed by atoms with Gasteiger partial charge in [0.25, 0.3) is 0 Å². The highest BCUT2D eigenvalue weighted by atomic mass is 16.3. The van der Waals surface area contributed by atoms with Gasteiger partial charge >= 0.3 is 6.03 Å². The van der Waals surface area contributed by atoms with Gasteiger partial charge in [0.1, 0.15) is 5.76 Å². The molecule has 1 aromatic heterocycles. The molecular weight excluding hydrogens is 360 g/mol. The largest absolute Gasteiger partial charge is 0.467 e. The Bertz CT molecular complexity index is 830. The standard InChI is InChI=1S/C20H24N4O4/c1-13(2)21-20(27)23-16-7-5-15(6-8-16)22-19(26)14-10-18(25)24(11-14)12-17-4-3-9-28-17/h3-9,13-14H,10-12H2,1-2H3,(H,22,26)(H2,21,23,27). The average Bonchev–Trinajstić information content (AvgIpc) is 3.26. The SMILES string of the molecule is CC(C)NC(=O)Nc1ccc(NC(=O)C2CC(=O)N(Cc3ccco3)C2)cc1. The molecule has 0 radical (unpaired) electrons. The van der Waals surface area contributed by atoms with Gasteiger partial charge in [0.05, 0.1) is 18.7 Å². The number of likely N-dealkylation sites (tertiary alicyclic amines) is 1. The van der Waals surface area contributed by atoms with E-state index in [1.807, 2.05) is 13.8 Å². The lowest BCUT2D eigenvalue weighted by Gasteiger charge is -2.15. The molecule has 1 aromatic carbocycles. The topological polar surface area (TPSA) is 104 Å². The molecule has 2 aromatic rings. The second-order valence-corrected chi connectivity index (χ2v) is 7.07. The number of anilines is 2. The van der Waals surface area contributed by atoms with Crippen LogP contribution in [0.4, 0.5) is 16.2 Å². The first-order chi connectivity index (χ1) is 13.4. The van der Waals surface area contributed by atoms with Gasteiger partial charge in [0, 0.05) is 30.4 Å². The number of amides is 4. The van der Waals surface area contributed by atoms with E-state index < -0.39 is 5.92 Å². The van der Waals surface area contributed by atoms with E-state index in [9.17, 15) is 14.4 Å². The summed E-state index contributed by atoms with van der Waals surface area (Å²) in [4.78, 5) is 38.0. The Morgan fingerprint density at radius 1 is 1.14 bits per heavy atom. The molecule has 1 aliphatic rings. The fraction of sp³-hybridized carbons (Fsp3) is 0.350. The van der Waals surface area contributed by atoms with Gasteiger partial charge in [-0.1, -0.05) is 0 Å². The van der Waals surface area contributed by atoms with Gasteiger partial charge in [-0.2, -0.15) is 0 Å². The molecule has 1 aliphatic heterocycles. The molecule has 8 nitrogen and oxygen atoms in total. The van der Waals surface area contributed by atoms with E-state index in [2.05, 4.69) is 16.0 Å². The van der Waals surface area contributed by atoms with Crippen molar-refractivity contribution in [3.05, 3.63) is 48.4 Å². The minimum atomic E-state index is -0.405. The average molecular weight is 384 g/mol.